The molecule has 4 heteroatoms. The van der Waals surface area contributed by atoms with Crippen molar-refractivity contribution in [1.29, 1.82) is 0 Å². The molecule has 1 heterocycles. The van der Waals surface area contributed by atoms with Crippen LogP contribution < -0.4 is 11.1 Å². The normalized spacial score (nSPS) is 21.0. The highest BCUT2D eigenvalue weighted by Crippen LogP contribution is 2.40. The maximum atomic E-state index is 11.0. The van der Waals surface area contributed by atoms with Crippen molar-refractivity contribution in [2.24, 2.45) is 11.1 Å². The van der Waals surface area contributed by atoms with E-state index < -0.39 is 0 Å². The Morgan fingerprint density at radius 1 is 1.58 bits per heavy atom. The van der Waals surface area contributed by atoms with E-state index in [4.69, 9.17) is 5.73 Å². The minimum Gasteiger partial charge on any atom is -0.355 e. The molecular formula is C15H25N3O. The molecule has 106 valence electrons. The lowest BCUT2D eigenvalue weighted by molar-refractivity contribution is -0.118. The summed E-state index contributed by atoms with van der Waals surface area (Å²) in [6.45, 7) is 9.71. The van der Waals surface area contributed by atoms with Crippen LogP contribution in [0.4, 0.5) is 0 Å². The highest BCUT2D eigenvalue weighted by molar-refractivity contribution is 5.72. The predicted molar refractivity (Wildman–Crippen MR) is 76.9 cm³/mol. The molecule has 1 aromatic heterocycles. The molecule has 1 aromatic rings. The summed E-state index contributed by atoms with van der Waals surface area (Å²) >= 11 is 0. The molecule has 0 saturated carbocycles. The van der Waals surface area contributed by atoms with Gasteiger partial charge < -0.3 is 15.6 Å². The Balaban J connectivity index is 2.23. The number of hydrogen-bond donors (Lipinski definition) is 2. The summed E-state index contributed by atoms with van der Waals surface area (Å²) in [5, 5.41) is 2.86. The molecule has 1 unspecified atom stereocenters. The SMILES string of the molecule is CC(=O)NCCn1c(C)cc2c1CC(C)(C)CC2N. The molecule has 0 aromatic carbocycles. The fourth-order valence-corrected chi connectivity index (χ4v) is 3.16. The Hall–Kier alpha value is -1.29. The third kappa shape index (κ3) is 3.00. The molecule has 0 radical (unpaired) electrons. The standard InChI is InChI=1S/C15H25N3O/c1-10-7-12-13(16)8-15(3,4)9-14(12)18(10)6-5-17-11(2)19/h7,13H,5-6,8-9,16H2,1-4H3,(H,17,19). The highest BCUT2D eigenvalue weighted by Gasteiger charge is 2.33. The van der Waals surface area contributed by atoms with E-state index >= 15 is 0 Å². The number of nitrogens with one attached hydrogen (secondary N) is 1. The van der Waals surface area contributed by atoms with Crippen LogP contribution in [0.3, 0.4) is 0 Å². The Morgan fingerprint density at radius 2 is 2.26 bits per heavy atom. The number of hydrogen-bond acceptors (Lipinski definition) is 2. The van der Waals surface area contributed by atoms with Gasteiger partial charge in [-0.15, -0.1) is 0 Å². The van der Waals surface area contributed by atoms with E-state index in [0.29, 0.717) is 6.54 Å². The number of fused-ring (bicyclic) bond motifs is 1. The van der Waals surface area contributed by atoms with Crippen LogP contribution in [-0.2, 0) is 17.8 Å². The van der Waals surface area contributed by atoms with E-state index in [9.17, 15) is 4.79 Å². The van der Waals surface area contributed by atoms with Gasteiger partial charge in [-0.3, -0.25) is 4.79 Å². The molecular weight excluding hydrogens is 238 g/mol. The zero-order valence-electron chi connectivity index (χ0n) is 12.4. The number of nitrogens with zero attached hydrogens (tertiary/aromatic N) is 1. The lowest BCUT2D eigenvalue weighted by atomic mass is 9.74. The second-order valence-electron chi connectivity index (χ2n) is 6.47. The van der Waals surface area contributed by atoms with Gasteiger partial charge in [0.15, 0.2) is 0 Å². The first-order valence-corrected chi connectivity index (χ1v) is 6.99. The van der Waals surface area contributed by atoms with Crippen LogP contribution in [0.1, 0.15) is 50.2 Å². The third-order valence-corrected chi connectivity index (χ3v) is 3.98. The molecule has 0 saturated heterocycles. The van der Waals surface area contributed by atoms with Crippen molar-refractivity contribution in [3.8, 4) is 0 Å². The summed E-state index contributed by atoms with van der Waals surface area (Å²) in [4.78, 5) is 11.0. The van der Waals surface area contributed by atoms with Crippen molar-refractivity contribution in [2.45, 2.75) is 53.1 Å². The number of rotatable bonds is 3. The number of carbonyl (C=O) groups excluding carboxylic acids is 1. The van der Waals surface area contributed by atoms with Gasteiger partial charge in [0.2, 0.25) is 5.91 Å². The smallest absolute Gasteiger partial charge is 0.216 e. The topological polar surface area (TPSA) is 60.0 Å². The monoisotopic (exact) mass is 263 g/mol. The van der Waals surface area contributed by atoms with Crippen molar-refractivity contribution >= 4 is 5.91 Å². The molecule has 0 fully saturated rings. The number of nitrogens with two attached hydrogens (primary N) is 1. The zero-order valence-corrected chi connectivity index (χ0v) is 12.4. The van der Waals surface area contributed by atoms with E-state index in [2.05, 4.69) is 36.7 Å². The second-order valence-corrected chi connectivity index (χ2v) is 6.47. The van der Waals surface area contributed by atoms with Crippen molar-refractivity contribution in [1.82, 2.24) is 9.88 Å². The van der Waals surface area contributed by atoms with Crippen molar-refractivity contribution in [3.63, 3.8) is 0 Å². The summed E-state index contributed by atoms with van der Waals surface area (Å²) < 4.78 is 2.31. The fourth-order valence-electron chi connectivity index (χ4n) is 3.16. The van der Waals surface area contributed by atoms with Crippen LogP contribution >= 0.6 is 0 Å². The van der Waals surface area contributed by atoms with Gasteiger partial charge in [0.1, 0.15) is 0 Å². The van der Waals surface area contributed by atoms with Crippen LogP contribution in [0.5, 0.6) is 0 Å². The van der Waals surface area contributed by atoms with Gasteiger partial charge in [-0.25, -0.2) is 0 Å². The van der Waals surface area contributed by atoms with E-state index in [1.165, 1.54) is 17.0 Å². The van der Waals surface area contributed by atoms with Crippen LogP contribution in [-0.4, -0.2) is 17.0 Å². The van der Waals surface area contributed by atoms with E-state index in [-0.39, 0.29) is 17.4 Å². The molecule has 2 rings (SSSR count). The van der Waals surface area contributed by atoms with E-state index in [1.54, 1.807) is 6.92 Å². The molecule has 1 aliphatic rings. The molecule has 4 nitrogen and oxygen atoms in total. The lowest BCUT2D eigenvalue weighted by Crippen LogP contribution is -2.31. The summed E-state index contributed by atoms with van der Waals surface area (Å²) in [6.07, 6.45) is 2.10. The van der Waals surface area contributed by atoms with Crippen LogP contribution in [0.2, 0.25) is 0 Å². The zero-order chi connectivity index (χ0) is 14.2. The Labute approximate surface area is 115 Å². The van der Waals surface area contributed by atoms with Crippen LogP contribution in [0.15, 0.2) is 6.07 Å². The molecule has 0 bridgehead atoms. The minimum atomic E-state index is 0.0238. The van der Waals surface area contributed by atoms with Crippen LogP contribution in [0.25, 0.3) is 0 Å². The molecule has 1 atom stereocenters. The first kappa shape index (κ1) is 14.1. The molecule has 3 N–H and O–H groups in total. The van der Waals surface area contributed by atoms with Gasteiger partial charge in [-0.05, 0) is 36.8 Å². The largest absolute Gasteiger partial charge is 0.355 e. The van der Waals surface area contributed by atoms with Gasteiger partial charge in [0.25, 0.3) is 0 Å². The molecule has 0 aliphatic heterocycles. The fraction of sp³-hybridized carbons (Fsp3) is 0.667. The average Bonchev–Trinajstić information content (AvgIpc) is 2.55. The Bertz CT molecular complexity index is 488. The summed E-state index contributed by atoms with van der Waals surface area (Å²) in [5.74, 6) is 0.0238. The maximum Gasteiger partial charge on any atom is 0.216 e. The molecule has 19 heavy (non-hydrogen) atoms. The highest BCUT2D eigenvalue weighted by atomic mass is 16.1. The second kappa shape index (κ2) is 5.00. The number of aryl methyl sites for hydroxylation is 1. The number of amides is 1. The molecule has 0 spiro atoms. The summed E-state index contributed by atoms with van der Waals surface area (Å²) in [5.41, 5.74) is 10.4. The predicted octanol–water partition coefficient (Wildman–Crippen LogP) is 1.90. The first-order valence-electron chi connectivity index (χ1n) is 6.99. The number of carbonyl (C=O) groups is 1. The van der Waals surface area contributed by atoms with Gasteiger partial charge >= 0.3 is 0 Å². The minimum absolute atomic E-state index is 0.0238. The lowest BCUT2D eigenvalue weighted by Gasteiger charge is -2.34. The molecule has 1 amide bonds. The van der Waals surface area contributed by atoms with Crippen LogP contribution in [0, 0.1) is 12.3 Å². The van der Waals surface area contributed by atoms with Crippen molar-refractivity contribution in [2.75, 3.05) is 6.54 Å². The van der Waals surface area contributed by atoms with Gasteiger partial charge in [0.05, 0.1) is 0 Å². The Kier molecular flexibility index (Phi) is 3.72. The van der Waals surface area contributed by atoms with Gasteiger partial charge in [-0.2, -0.15) is 0 Å². The quantitative estimate of drug-likeness (QED) is 0.875. The maximum absolute atomic E-state index is 11.0. The summed E-state index contributed by atoms with van der Waals surface area (Å²) in [6, 6.07) is 2.35. The molecule has 1 aliphatic carbocycles. The average molecular weight is 263 g/mol. The van der Waals surface area contributed by atoms with E-state index in [1.807, 2.05) is 0 Å². The first-order chi connectivity index (χ1) is 8.80. The third-order valence-electron chi connectivity index (χ3n) is 3.98. The van der Waals surface area contributed by atoms with Crippen molar-refractivity contribution < 1.29 is 4.79 Å². The van der Waals surface area contributed by atoms with Crippen molar-refractivity contribution in [3.05, 3.63) is 23.0 Å². The Morgan fingerprint density at radius 3 is 2.89 bits per heavy atom. The summed E-state index contributed by atoms with van der Waals surface area (Å²) in [7, 11) is 0. The van der Waals surface area contributed by atoms with Gasteiger partial charge in [0, 0.05) is 37.4 Å². The van der Waals surface area contributed by atoms with E-state index in [0.717, 1.165) is 19.4 Å². The van der Waals surface area contributed by atoms with Gasteiger partial charge in [-0.1, -0.05) is 13.8 Å². The number of aromatic nitrogens is 1.